The molecule has 3 aliphatic rings. The summed E-state index contributed by atoms with van der Waals surface area (Å²) in [5.41, 5.74) is 3.65. The monoisotopic (exact) mass is 586 g/mol. The number of aromatic nitrogens is 1. The molecule has 12 heteroatoms. The Hall–Kier alpha value is -3.25. The van der Waals surface area contributed by atoms with E-state index in [0.717, 1.165) is 19.1 Å². The quantitative estimate of drug-likeness (QED) is 0.407. The van der Waals surface area contributed by atoms with Crippen molar-refractivity contribution in [2.24, 2.45) is 5.92 Å². The summed E-state index contributed by atoms with van der Waals surface area (Å²) in [6.45, 7) is -0.0679. The smallest absolute Gasteiger partial charge is 0.254 e. The van der Waals surface area contributed by atoms with Gasteiger partial charge in [-0.2, -0.15) is 0 Å². The van der Waals surface area contributed by atoms with Gasteiger partial charge in [-0.15, -0.1) is 0 Å². The van der Waals surface area contributed by atoms with Crippen molar-refractivity contribution >= 4 is 33.4 Å². The van der Waals surface area contributed by atoms with Crippen LogP contribution < -0.4 is 15.8 Å². The molecule has 0 saturated heterocycles. The molecule has 1 aromatic heterocycles. The third-order valence-corrected chi connectivity index (χ3v) is 8.59. The number of halogens is 1. The average Bonchev–Trinajstić information content (AvgIpc) is 3.34. The number of carbonyl (C=O) groups excluding carboxylic acids is 2. The molecule has 40 heavy (non-hydrogen) atoms. The van der Waals surface area contributed by atoms with E-state index in [1.807, 2.05) is 6.08 Å². The van der Waals surface area contributed by atoms with Gasteiger partial charge in [-0.05, 0) is 36.6 Å². The molecule has 1 fully saturated rings. The first kappa shape index (κ1) is 28.3. The van der Waals surface area contributed by atoms with E-state index in [9.17, 15) is 22.8 Å². The summed E-state index contributed by atoms with van der Waals surface area (Å²) in [4.78, 5) is 49.5. The number of benzene rings is 1. The van der Waals surface area contributed by atoms with Gasteiger partial charge in [0.2, 0.25) is 15.6 Å². The largest absolute Gasteiger partial charge is 0.329 e. The zero-order valence-corrected chi connectivity index (χ0v) is 23.5. The minimum atomic E-state index is -3.55. The van der Waals surface area contributed by atoms with Crippen LogP contribution in [0.2, 0.25) is 0 Å². The van der Waals surface area contributed by atoms with Crippen molar-refractivity contribution in [1.29, 1.82) is 0 Å². The number of pyridine rings is 1. The van der Waals surface area contributed by atoms with Gasteiger partial charge in [-0.1, -0.05) is 60.9 Å². The number of fused-ring (bicyclic) bond motifs is 1. The van der Waals surface area contributed by atoms with E-state index >= 15 is 0 Å². The van der Waals surface area contributed by atoms with Crippen molar-refractivity contribution in [3.63, 3.8) is 0 Å². The van der Waals surface area contributed by atoms with E-state index in [0.29, 0.717) is 34.7 Å². The number of rotatable bonds is 8. The molecule has 0 radical (unpaired) electrons. The fraction of sp³-hybridized carbons (Fsp3) is 0.393. The van der Waals surface area contributed by atoms with Crippen LogP contribution in [-0.2, 0) is 26.3 Å². The molecule has 3 N–H and O–H groups in total. The summed E-state index contributed by atoms with van der Waals surface area (Å²) in [5, 5.41) is 0.495. The molecule has 2 aromatic rings. The maximum Gasteiger partial charge on any atom is 0.254 e. The summed E-state index contributed by atoms with van der Waals surface area (Å²) in [7, 11) is -3.55. The second kappa shape index (κ2) is 11.7. The molecule has 5 rings (SSSR count). The SMILES string of the molecule is CS(=O)(=O)N[C@H]1CCCC[C@@H]1N1C(=O)c2ccccc2[C@@H](C(=O)NOCc2cccc(=O)[nH]2)C1C1C=CC(Cl)=C1. The first-order valence-corrected chi connectivity index (χ1v) is 15.4. The Morgan fingerprint density at radius 2 is 1.90 bits per heavy atom. The number of hydrogen-bond donors (Lipinski definition) is 3. The molecule has 10 nitrogen and oxygen atoms in total. The second-order valence-electron chi connectivity index (χ2n) is 10.4. The number of nitrogens with zero attached hydrogens (tertiary/aromatic N) is 1. The number of aromatic amines is 1. The lowest BCUT2D eigenvalue weighted by atomic mass is 9.74. The predicted molar refractivity (Wildman–Crippen MR) is 150 cm³/mol. The molecule has 1 saturated carbocycles. The van der Waals surface area contributed by atoms with Crippen molar-refractivity contribution in [2.75, 3.05) is 6.26 Å². The van der Waals surface area contributed by atoms with Crippen LogP contribution in [0.4, 0.5) is 0 Å². The second-order valence-corrected chi connectivity index (χ2v) is 12.6. The van der Waals surface area contributed by atoms with E-state index in [-0.39, 0.29) is 18.1 Å². The third kappa shape index (κ3) is 6.07. The van der Waals surface area contributed by atoms with E-state index in [2.05, 4.69) is 15.2 Å². The molecule has 2 amide bonds. The van der Waals surface area contributed by atoms with Crippen LogP contribution in [-0.4, -0.2) is 54.5 Å². The predicted octanol–water partition coefficient (Wildman–Crippen LogP) is 2.70. The van der Waals surface area contributed by atoms with E-state index in [1.165, 1.54) is 6.07 Å². The van der Waals surface area contributed by atoms with Gasteiger partial charge in [-0.25, -0.2) is 18.6 Å². The molecule has 212 valence electrons. The minimum absolute atomic E-state index is 0.0679. The summed E-state index contributed by atoms with van der Waals surface area (Å²) < 4.78 is 27.3. The maximum absolute atomic E-state index is 14.1. The number of hydroxylamine groups is 1. The molecule has 1 aliphatic heterocycles. The fourth-order valence-corrected chi connectivity index (χ4v) is 7.09. The van der Waals surface area contributed by atoms with Gasteiger partial charge in [0.25, 0.3) is 11.8 Å². The number of allylic oxidation sites excluding steroid dienone is 2. The van der Waals surface area contributed by atoms with Gasteiger partial charge in [0.05, 0.1) is 18.2 Å². The first-order valence-electron chi connectivity index (χ1n) is 13.2. The van der Waals surface area contributed by atoms with Crippen molar-refractivity contribution in [2.45, 2.75) is 56.3 Å². The Morgan fingerprint density at radius 1 is 1.12 bits per heavy atom. The Balaban J connectivity index is 1.53. The van der Waals surface area contributed by atoms with Crippen molar-refractivity contribution < 1.29 is 22.8 Å². The number of nitrogens with one attached hydrogen (secondary N) is 3. The summed E-state index contributed by atoms with van der Waals surface area (Å²) in [5.74, 6) is -1.98. The van der Waals surface area contributed by atoms with Crippen molar-refractivity contribution in [1.82, 2.24) is 20.1 Å². The molecule has 0 spiro atoms. The summed E-state index contributed by atoms with van der Waals surface area (Å²) in [6, 6.07) is 9.93. The molecule has 0 bridgehead atoms. The van der Waals surface area contributed by atoms with Crippen LogP contribution in [0.25, 0.3) is 0 Å². The molecular weight excluding hydrogens is 556 g/mol. The highest BCUT2D eigenvalue weighted by atomic mass is 35.5. The first-order chi connectivity index (χ1) is 19.1. The number of sulfonamides is 1. The molecule has 2 unspecified atom stereocenters. The lowest BCUT2D eigenvalue weighted by Crippen LogP contribution is -2.63. The van der Waals surface area contributed by atoms with Gasteiger partial charge >= 0.3 is 0 Å². The van der Waals surface area contributed by atoms with Gasteiger partial charge in [-0.3, -0.25) is 19.2 Å². The van der Waals surface area contributed by atoms with Gasteiger partial charge in [0, 0.05) is 40.4 Å². The zero-order chi connectivity index (χ0) is 28.4. The number of hydrogen-bond acceptors (Lipinski definition) is 6. The van der Waals surface area contributed by atoms with Crippen LogP contribution in [0.3, 0.4) is 0 Å². The standard InChI is InChI=1S/C28H31ClN4O6S/c1-40(37,38)32-22-10-4-5-11-23(22)33-26(17-13-14-18(29)15-17)25(20-8-2-3-9-21(20)28(33)36)27(35)31-39-16-19-7-6-12-24(34)30-19/h2-3,6-9,12-15,17,22-23,25-26,32H,4-5,10-11,16H2,1H3,(H,30,34)(H,31,35)/t17?,22-,23-,25+,26?/m0/s1. The number of carbonyl (C=O) groups is 2. The molecular formula is C28H31ClN4O6S. The summed E-state index contributed by atoms with van der Waals surface area (Å²) in [6.07, 6.45) is 9.30. The minimum Gasteiger partial charge on any atom is -0.329 e. The topological polar surface area (TPSA) is 138 Å². The molecule has 2 aliphatic carbocycles. The van der Waals surface area contributed by atoms with Gasteiger partial charge in [0.1, 0.15) is 6.61 Å². The third-order valence-electron chi connectivity index (χ3n) is 7.61. The van der Waals surface area contributed by atoms with E-state index < -0.39 is 45.9 Å². The fourth-order valence-electron chi connectivity index (χ4n) is 6.05. The van der Waals surface area contributed by atoms with Crippen LogP contribution in [0.1, 0.15) is 53.2 Å². The Kier molecular flexibility index (Phi) is 8.27. The Morgan fingerprint density at radius 3 is 2.62 bits per heavy atom. The van der Waals surface area contributed by atoms with Crippen LogP contribution in [0.15, 0.2) is 70.5 Å². The average molecular weight is 587 g/mol. The van der Waals surface area contributed by atoms with Crippen LogP contribution in [0.5, 0.6) is 0 Å². The highest BCUT2D eigenvalue weighted by Crippen LogP contribution is 2.43. The highest BCUT2D eigenvalue weighted by molar-refractivity contribution is 7.88. The van der Waals surface area contributed by atoms with Gasteiger partial charge in [0.15, 0.2) is 0 Å². The van der Waals surface area contributed by atoms with Crippen LogP contribution in [0, 0.1) is 5.92 Å². The molecule has 2 heterocycles. The summed E-state index contributed by atoms with van der Waals surface area (Å²) >= 11 is 6.33. The Bertz CT molecular complexity index is 1520. The Labute approximate surface area is 237 Å². The lowest BCUT2D eigenvalue weighted by molar-refractivity contribution is -0.138. The maximum atomic E-state index is 14.1. The highest BCUT2D eigenvalue weighted by Gasteiger charge is 2.50. The normalized spacial score (nSPS) is 26.4. The van der Waals surface area contributed by atoms with E-state index in [4.69, 9.17) is 16.4 Å². The molecule has 1 aromatic carbocycles. The van der Waals surface area contributed by atoms with Gasteiger partial charge < -0.3 is 9.88 Å². The van der Waals surface area contributed by atoms with E-state index in [1.54, 1.807) is 53.5 Å². The lowest BCUT2D eigenvalue weighted by Gasteiger charge is -2.50. The number of H-pyrrole nitrogens is 1. The number of amides is 2. The zero-order valence-electron chi connectivity index (χ0n) is 21.9. The van der Waals surface area contributed by atoms with Crippen molar-refractivity contribution in [3.8, 4) is 0 Å². The van der Waals surface area contributed by atoms with Crippen molar-refractivity contribution in [3.05, 3.63) is 92.9 Å². The van der Waals surface area contributed by atoms with Crippen LogP contribution >= 0.6 is 11.6 Å². The molecule has 5 atom stereocenters.